The summed E-state index contributed by atoms with van der Waals surface area (Å²) in [5.74, 6) is 0.807. The number of benzene rings is 8. The molecule has 0 amide bonds. The second-order valence-corrected chi connectivity index (χ2v) is 13.6. The average molecular weight is 706 g/mol. The number of imidazole rings is 1. The Morgan fingerprint density at radius 2 is 0.855 bits per heavy atom. The number of para-hydroxylation sites is 3. The highest BCUT2D eigenvalue weighted by Gasteiger charge is 2.23. The van der Waals surface area contributed by atoms with Crippen molar-refractivity contribution in [2.45, 2.75) is 0 Å². The van der Waals surface area contributed by atoms with Crippen molar-refractivity contribution in [2.75, 3.05) is 9.80 Å². The van der Waals surface area contributed by atoms with Gasteiger partial charge in [0, 0.05) is 51.6 Å². The third-order valence-electron chi connectivity index (χ3n) is 10.1. The standard InChI is InChI=1S/C50H35N5/c1-4-19-41(20-5-1)53(44-28-26-36-15-10-12-17-38(36)31-44)46-33-40(49-52-48-25-14-30-51-50(48)55(49)43-23-8-3-9-24-43)34-47(35-46)54(42-21-6-2-7-22-42)45-29-27-37-16-11-13-18-39(37)32-45/h1-35H. The molecule has 5 heteroatoms. The normalized spacial score (nSPS) is 11.3. The lowest BCUT2D eigenvalue weighted by Gasteiger charge is -2.30. The van der Waals surface area contributed by atoms with E-state index in [-0.39, 0.29) is 0 Å². The third kappa shape index (κ3) is 6.04. The Balaban J connectivity index is 1.28. The monoisotopic (exact) mass is 705 g/mol. The maximum atomic E-state index is 5.30. The van der Waals surface area contributed by atoms with Gasteiger partial charge in [0.05, 0.1) is 0 Å². The molecule has 0 spiro atoms. The van der Waals surface area contributed by atoms with Crippen molar-refractivity contribution >= 4 is 66.8 Å². The van der Waals surface area contributed by atoms with Crippen molar-refractivity contribution in [2.24, 2.45) is 0 Å². The van der Waals surface area contributed by atoms with Gasteiger partial charge in [-0.25, -0.2) is 9.97 Å². The molecule has 0 aliphatic carbocycles. The summed E-state index contributed by atoms with van der Waals surface area (Å²) in [6, 6.07) is 72.8. The number of aromatic nitrogens is 3. The number of rotatable bonds is 8. The number of pyridine rings is 1. The Morgan fingerprint density at radius 1 is 0.364 bits per heavy atom. The van der Waals surface area contributed by atoms with Crippen LogP contribution in [-0.2, 0) is 0 Å². The van der Waals surface area contributed by atoms with Gasteiger partial charge in [-0.3, -0.25) is 4.57 Å². The minimum Gasteiger partial charge on any atom is -0.310 e. The van der Waals surface area contributed by atoms with Gasteiger partial charge in [-0.1, -0.05) is 115 Å². The van der Waals surface area contributed by atoms with Gasteiger partial charge < -0.3 is 9.80 Å². The van der Waals surface area contributed by atoms with E-state index >= 15 is 0 Å². The summed E-state index contributed by atoms with van der Waals surface area (Å²) in [6.45, 7) is 0. The second-order valence-electron chi connectivity index (χ2n) is 13.6. The van der Waals surface area contributed by atoms with E-state index in [1.54, 1.807) is 0 Å². The minimum atomic E-state index is 0.805. The Kier molecular flexibility index (Phi) is 8.08. The molecule has 2 aromatic heterocycles. The average Bonchev–Trinajstić information content (AvgIpc) is 3.65. The predicted octanol–water partition coefficient (Wildman–Crippen LogP) is 13.3. The van der Waals surface area contributed by atoms with Gasteiger partial charge in [-0.15, -0.1) is 0 Å². The van der Waals surface area contributed by atoms with Crippen LogP contribution in [0.3, 0.4) is 0 Å². The molecule has 0 saturated carbocycles. The first-order valence-corrected chi connectivity index (χ1v) is 18.5. The summed E-state index contributed by atoms with van der Waals surface area (Å²) in [5, 5.41) is 4.75. The van der Waals surface area contributed by atoms with Gasteiger partial charge >= 0.3 is 0 Å². The van der Waals surface area contributed by atoms with Crippen LogP contribution >= 0.6 is 0 Å². The van der Waals surface area contributed by atoms with Gasteiger partial charge in [0.1, 0.15) is 11.3 Å². The lowest BCUT2D eigenvalue weighted by atomic mass is 10.0. The molecule has 0 unspecified atom stereocenters. The molecule has 0 radical (unpaired) electrons. The van der Waals surface area contributed by atoms with Crippen LogP contribution < -0.4 is 9.80 Å². The van der Waals surface area contributed by atoms with Crippen molar-refractivity contribution in [1.29, 1.82) is 0 Å². The lowest BCUT2D eigenvalue weighted by Crippen LogP contribution is -2.14. The number of anilines is 6. The molecule has 0 atom stereocenters. The lowest BCUT2D eigenvalue weighted by molar-refractivity contribution is 1.08. The number of nitrogens with zero attached hydrogens (tertiary/aromatic N) is 5. The number of fused-ring (bicyclic) bond motifs is 3. The van der Waals surface area contributed by atoms with Crippen LogP contribution in [0.25, 0.3) is 49.8 Å². The molecule has 0 fully saturated rings. The SMILES string of the molecule is c1ccc(N(c2cc(-c3nc4cccnc4n3-c3ccccc3)cc(N(c3ccccc3)c3ccc4ccccc4c3)c2)c2ccc3ccccc3c2)cc1. The van der Waals surface area contributed by atoms with Crippen LogP contribution in [0, 0.1) is 0 Å². The molecule has 0 bridgehead atoms. The van der Waals surface area contributed by atoms with Gasteiger partial charge in [-0.05, 0) is 113 Å². The molecule has 10 aromatic rings. The van der Waals surface area contributed by atoms with E-state index in [9.17, 15) is 0 Å². The Labute approximate surface area is 319 Å². The molecule has 0 saturated heterocycles. The van der Waals surface area contributed by atoms with Crippen molar-refractivity contribution in [3.63, 3.8) is 0 Å². The quantitative estimate of drug-likeness (QED) is 0.158. The van der Waals surface area contributed by atoms with Crippen molar-refractivity contribution < 1.29 is 0 Å². The Hall–Kier alpha value is -7.50. The molecule has 2 heterocycles. The van der Waals surface area contributed by atoms with Crippen LogP contribution in [0.5, 0.6) is 0 Å². The number of hydrogen-bond acceptors (Lipinski definition) is 4. The molecule has 55 heavy (non-hydrogen) atoms. The Morgan fingerprint density at radius 3 is 1.40 bits per heavy atom. The van der Waals surface area contributed by atoms with Crippen LogP contribution in [0.2, 0.25) is 0 Å². The van der Waals surface area contributed by atoms with E-state index in [1.165, 1.54) is 21.5 Å². The van der Waals surface area contributed by atoms with Crippen molar-refractivity contribution in [3.05, 3.63) is 212 Å². The first-order chi connectivity index (χ1) is 27.3. The van der Waals surface area contributed by atoms with Crippen molar-refractivity contribution in [1.82, 2.24) is 14.5 Å². The summed E-state index contributed by atoms with van der Waals surface area (Å²) in [4.78, 5) is 14.8. The van der Waals surface area contributed by atoms with Gasteiger partial charge in [0.2, 0.25) is 0 Å². The van der Waals surface area contributed by atoms with E-state index in [4.69, 9.17) is 9.97 Å². The van der Waals surface area contributed by atoms with Crippen molar-refractivity contribution in [3.8, 4) is 17.1 Å². The molecule has 260 valence electrons. The van der Waals surface area contributed by atoms with E-state index < -0.39 is 0 Å². The van der Waals surface area contributed by atoms with Gasteiger partial charge in [-0.2, -0.15) is 0 Å². The predicted molar refractivity (Wildman–Crippen MR) is 229 cm³/mol. The summed E-state index contributed by atoms with van der Waals surface area (Å²) >= 11 is 0. The zero-order valence-electron chi connectivity index (χ0n) is 29.9. The summed E-state index contributed by atoms with van der Waals surface area (Å²) < 4.78 is 2.17. The van der Waals surface area contributed by atoms with E-state index in [0.29, 0.717) is 0 Å². The Bertz CT molecular complexity index is 2800. The smallest absolute Gasteiger partial charge is 0.164 e. The zero-order chi connectivity index (χ0) is 36.6. The maximum Gasteiger partial charge on any atom is 0.164 e. The highest BCUT2D eigenvalue weighted by atomic mass is 15.2. The number of hydrogen-bond donors (Lipinski definition) is 0. The molecular weight excluding hydrogens is 671 g/mol. The highest BCUT2D eigenvalue weighted by molar-refractivity contribution is 5.94. The van der Waals surface area contributed by atoms with E-state index in [1.807, 2.05) is 24.4 Å². The first kappa shape index (κ1) is 32.2. The van der Waals surface area contributed by atoms with E-state index in [2.05, 4.69) is 202 Å². The molecule has 0 aliphatic rings. The summed E-state index contributed by atoms with van der Waals surface area (Å²) in [7, 11) is 0. The third-order valence-corrected chi connectivity index (χ3v) is 10.1. The minimum absolute atomic E-state index is 0.805. The molecule has 8 aromatic carbocycles. The van der Waals surface area contributed by atoms with Gasteiger partial charge in [0.15, 0.2) is 5.65 Å². The molecule has 0 N–H and O–H groups in total. The molecule has 0 aliphatic heterocycles. The van der Waals surface area contributed by atoms with Crippen LogP contribution in [0.15, 0.2) is 212 Å². The fourth-order valence-electron chi connectivity index (χ4n) is 7.59. The zero-order valence-corrected chi connectivity index (χ0v) is 29.9. The highest BCUT2D eigenvalue weighted by Crippen LogP contribution is 2.44. The molecular formula is C50H35N5. The summed E-state index contributed by atoms with van der Waals surface area (Å²) in [6.07, 6.45) is 1.84. The van der Waals surface area contributed by atoms with Crippen LogP contribution in [0.1, 0.15) is 0 Å². The van der Waals surface area contributed by atoms with Crippen LogP contribution in [0.4, 0.5) is 34.1 Å². The van der Waals surface area contributed by atoms with Crippen LogP contribution in [-0.4, -0.2) is 14.5 Å². The van der Waals surface area contributed by atoms with E-state index in [0.717, 1.165) is 62.4 Å². The molecule has 5 nitrogen and oxygen atoms in total. The second kappa shape index (κ2) is 13.8. The fourth-order valence-corrected chi connectivity index (χ4v) is 7.59. The largest absolute Gasteiger partial charge is 0.310 e. The first-order valence-electron chi connectivity index (χ1n) is 18.5. The maximum absolute atomic E-state index is 5.30. The van der Waals surface area contributed by atoms with Gasteiger partial charge in [0.25, 0.3) is 0 Å². The fraction of sp³-hybridized carbons (Fsp3) is 0. The summed E-state index contributed by atoms with van der Waals surface area (Å²) in [5.41, 5.74) is 9.80. The topological polar surface area (TPSA) is 37.2 Å². The molecule has 10 rings (SSSR count).